The molecule has 0 aliphatic carbocycles. The molecule has 1 saturated heterocycles. The molecule has 2 aromatic rings. The number of likely N-dealkylation sites (tertiary alicyclic amines) is 1. The summed E-state index contributed by atoms with van der Waals surface area (Å²) in [5.41, 5.74) is 1.46. The van der Waals surface area contributed by atoms with Crippen molar-refractivity contribution < 1.29 is 4.79 Å². The van der Waals surface area contributed by atoms with Crippen LogP contribution in [0.25, 0.3) is 11.2 Å². The van der Waals surface area contributed by atoms with Crippen molar-refractivity contribution in [3.05, 3.63) is 11.6 Å². The van der Waals surface area contributed by atoms with E-state index >= 15 is 0 Å². The standard InChI is InChI=1S/C15H21ClN6O/c1-10(2)22-9-18-12-13(19-15(16)20-14(12)22)17-6-4-8-21-7-3-5-11(21)23/h9-10H,3-8H2,1-2H3,(H,17,19,20). The second kappa shape index (κ2) is 6.70. The SMILES string of the molecule is CC(C)n1cnc2c(NCCCN3CCCC3=O)nc(Cl)nc21. The topological polar surface area (TPSA) is 75.9 Å². The van der Waals surface area contributed by atoms with Crippen molar-refractivity contribution in [2.24, 2.45) is 0 Å². The molecule has 3 rings (SSSR count). The van der Waals surface area contributed by atoms with Gasteiger partial charge in [0.05, 0.1) is 6.33 Å². The lowest BCUT2D eigenvalue weighted by Crippen LogP contribution is -2.27. The lowest BCUT2D eigenvalue weighted by atomic mass is 10.3. The van der Waals surface area contributed by atoms with Crippen LogP contribution in [0, 0.1) is 0 Å². The maximum Gasteiger partial charge on any atom is 0.226 e. The average Bonchev–Trinajstić information content (AvgIpc) is 3.09. The van der Waals surface area contributed by atoms with E-state index in [0.717, 1.165) is 37.1 Å². The minimum atomic E-state index is 0.206. The molecule has 0 saturated carbocycles. The zero-order valence-electron chi connectivity index (χ0n) is 13.4. The van der Waals surface area contributed by atoms with Gasteiger partial charge in [0.2, 0.25) is 11.2 Å². The van der Waals surface area contributed by atoms with Crippen molar-refractivity contribution in [2.45, 2.75) is 39.2 Å². The molecule has 1 amide bonds. The van der Waals surface area contributed by atoms with Crippen LogP contribution < -0.4 is 5.32 Å². The molecule has 124 valence electrons. The summed E-state index contributed by atoms with van der Waals surface area (Å²) >= 11 is 6.04. The van der Waals surface area contributed by atoms with E-state index in [1.165, 1.54) is 0 Å². The monoisotopic (exact) mass is 336 g/mol. The zero-order valence-corrected chi connectivity index (χ0v) is 14.2. The molecule has 0 unspecified atom stereocenters. The number of fused-ring (bicyclic) bond motifs is 1. The highest BCUT2D eigenvalue weighted by molar-refractivity contribution is 6.28. The summed E-state index contributed by atoms with van der Waals surface area (Å²) < 4.78 is 1.97. The molecule has 1 fully saturated rings. The molecular weight excluding hydrogens is 316 g/mol. The number of nitrogens with zero attached hydrogens (tertiary/aromatic N) is 5. The third-order valence-corrected chi connectivity index (χ3v) is 4.19. The van der Waals surface area contributed by atoms with Gasteiger partial charge in [-0.25, -0.2) is 4.98 Å². The third kappa shape index (κ3) is 3.39. The van der Waals surface area contributed by atoms with Gasteiger partial charge < -0.3 is 14.8 Å². The number of aromatic nitrogens is 4. The van der Waals surface area contributed by atoms with E-state index < -0.39 is 0 Å². The lowest BCUT2D eigenvalue weighted by Gasteiger charge is -2.15. The first kappa shape index (κ1) is 16.0. The minimum Gasteiger partial charge on any atom is -0.368 e. The fraction of sp³-hybridized carbons (Fsp3) is 0.600. The van der Waals surface area contributed by atoms with Crippen molar-refractivity contribution in [3.63, 3.8) is 0 Å². The molecular formula is C15H21ClN6O. The molecule has 3 heterocycles. The van der Waals surface area contributed by atoms with Crippen LogP contribution in [0.2, 0.25) is 5.28 Å². The number of anilines is 1. The van der Waals surface area contributed by atoms with Crippen molar-refractivity contribution in [1.82, 2.24) is 24.4 Å². The van der Waals surface area contributed by atoms with Gasteiger partial charge >= 0.3 is 0 Å². The van der Waals surface area contributed by atoms with E-state index in [1.54, 1.807) is 6.33 Å². The van der Waals surface area contributed by atoms with Gasteiger partial charge in [-0.3, -0.25) is 4.79 Å². The maximum atomic E-state index is 11.6. The van der Waals surface area contributed by atoms with Crippen LogP contribution in [0.4, 0.5) is 5.82 Å². The Kier molecular flexibility index (Phi) is 4.66. The van der Waals surface area contributed by atoms with E-state index in [9.17, 15) is 4.79 Å². The third-order valence-electron chi connectivity index (χ3n) is 4.02. The summed E-state index contributed by atoms with van der Waals surface area (Å²) in [4.78, 5) is 26.4. The van der Waals surface area contributed by atoms with Gasteiger partial charge in [0, 0.05) is 32.1 Å². The smallest absolute Gasteiger partial charge is 0.226 e. The van der Waals surface area contributed by atoms with E-state index in [0.29, 0.717) is 18.8 Å². The minimum absolute atomic E-state index is 0.206. The van der Waals surface area contributed by atoms with Crippen LogP contribution in [-0.4, -0.2) is 50.0 Å². The largest absolute Gasteiger partial charge is 0.368 e. The number of carbonyl (C=O) groups is 1. The van der Waals surface area contributed by atoms with E-state index in [4.69, 9.17) is 11.6 Å². The molecule has 1 aliphatic heterocycles. The fourth-order valence-corrected chi connectivity index (χ4v) is 2.97. The molecule has 7 nitrogen and oxygen atoms in total. The summed E-state index contributed by atoms with van der Waals surface area (Å²) in [6.45, 7) is 6.49. The Morgan fingerprint density at radius 2 is 2.22 bits per heavy atom. The van der Waals surface area contributed by atoms with Crippen molar-refractivity contribution >= 4 is 34.5 Å². The summed E-state index contributed by atoms with van der Waals surface area (Å²) in [5, 5.41) is 3.48. The first-order valence-electron chi connectivity index (χ1n) is 7.98. The number of hydrogen-bond acceptors (Lipinski definition) is 5. The molecule has 0 atom stereocenters. The van der Waals surface area contributed by atoms with Crippen LogP contribution in [0.1, 0.15) is 39.2 Å². The number of hydrogen-bond donors (Lipinski definition) is 1. The highest BCUT2D eigenvalue weighted by Crippen LogP contribution is 2.23. The molecule has 0 radical (unpaired) electrons. The van der Waals surface area contributed by atoms with Gasteiger partial charge in [0.15, 0.2) is 17.0 Å². The quantitative estimate of drug-likeness (QED) is 0.648. The van der Waals surface area contributed by atoms with Crippen molar-refractivity contribution in [3.8, 4) is 0 Å². The summed E-state index contributed by atoms with van der Waals surface area (Å²) in [6, 6.07) is 0.250. The molecule has 1 aliphatic rings. The van der Waals surface area contributed by atoms with Crippen LogP contribution >= 0.6 is 11.6 Å². The molecule has 0 spiro atoms. The van der Waals surface area contributed by atoms with E-state index in [-0.39, 0.29) is 17.2 Å². The number of halogens is 1. The van der Waals surface area contributed by atoms with E-state index in [2.05, 4.69) is 34.1 Å². The summed E-state index contributed by atoms with van der Waals surface area (Å²) in [6.07, 6.45) is 4.28. The van der Waals surface area contributed by atoms with Crippen LogP contribution in [0.3, 0.4) is 0 Å². The zero-order chi connectivity index (χ0) is 16.4. The van der Waals surface area contributed by atoms with Gasteiger partial charge in [-0.2, -0.15) is 9.97 Å². The lowest BCUT2D eigenvalue weighted by molar-refractivity contribution is -0.127. The molecule has 8 heteroatoms. The normalized spacial score (nSPS) is 15.1. The predicted octanol–water partition coefficient (Wildman–Crippen LogP) is 2.49. The molecule has 2 aromatic heterocycles. The Balaban J connectivity index is 1.66. The first-order valence-corrected chi connectivity index (χ1v) is 8.36. The maximum absolute atomic E-state index is 11.6. The second-order valence-electron chi connectivity index (χ2n) is 6.02. The van der Waals surface area contributed by atoms with Crippen LogP contribution in [0.15, 0.2) is 6.33 Å². The number of nitrogens with one attached hydrogen (secondary N) is 1. The van der Waals surface area contributed by atoms with Gasteiger partial charge in [0.25, 0.3) is 0 Å². The summed E-state index contributed by atoms with van der Waals surface area (Å²) in [7, 11) is 0. The number of rotatable bonds is 6. The molecule has 0 bridgehead atoms. The number of carbonyl (C=O) groups excluding carboxylic acids is 1. The average molecular weight is 337 g/mol. The molecule has 0 aromatic carbocycles. The highest BCUT2D eigenvalue weighted by atomic mass is 35.5. The Labute approximate surface area is 140 Å². The predicted molar refractivity (Wildman–Crippen MR) is 89.6 cm³/mol. The van der Waals surface area contributed by atoms with Crippen molar-refractivity contribution in [2.75, 3.05) is 25.0 Å². The van der Waals surface area contributed by atoms with Gasteiger partial charge in [-0.05, 0) is 38.3 Å². The second-order valence-corrected chi connectivity index (χ2v) is 6.36. The Bertz CT molecular complexity index is 713. The van der Waals surface area contributed by atoms with Crippen LogP contribution in [-0.2, 0) is 4.79 Å². The Morgan fingerprint density at radius 3 is 2.91 bits per heavy atom. The van der Waals surface area contributed by atoms with Gasteiger partial charge in [-0.15, -0.1) is 0 Å². The fourth-order valence-electron chi connectivity index (χ4n) is 2.81. The van der Waals surface area contributed by atoms with Gasteiger partial charge in [0.1, 0.15) is 0 Å². The number of imidazole rings is 1. The first-order chi connectivity index (χ1) is 11.1. The van der Waals surface area contributed by atoms with Crippen molar-refractivity contribution in [1.29, 1.82) is 0 Å². The molecule has 1 N–H and O–H groups in total. The van der Waals surface area contributed by atoms with Gasteiger partial charge in [-0.1, -0.05) is 0 Å². The van der Waals surface area contributed by atoms with E-state index in [1.807, 2.05) is 9.47 Å². The molecule has 23 heavy (non-hydrogen) atoms. The number of amides is 1. The van der Waals surface area contributed by atoms with Crippen LogP contribution in [0.5, 0.6) is 0 Å². The Morgan fingerprint density at radius 1 is 1.39 bits per heavy atom. The highest BCUT2D eigenvalue weighted by Gasteiger charge is 2.19. The summed E-state index contributed by atoms with van der Waals surface area (Å²) in [5.74, 6) is 0.903. The Hall–Kier alpha value is -1.89.